The lowest BCUT2D eigenvalue weighted by molar-refractivity contribution is 0.101. The summed E-state index contributed by atoms with van der Waals surface area (Å²) >= 11 is 0. The summed E-state index contributed by atoms with van der Waals surface area (Å²) in [6.07, 6.45) is 4.83. The van der Waals surface area contributed by atoms with Crippen molar-refractivity contribution in [1.82, 2.24) is 19.6 Å². The van der Waals surface area contributed by atoms with E-state index in [-0.39, 0.29) is 16.5 Å². The Hall–Kier alpha value is -3.59. The van der Waals surface area contributed by atoms with Crippen LogP contribution in [0.3, 0.4) is 0 Å². The van der Waals surface area contributed by atoms with E-state index in [1.54, 1.807) is 24.5 Å². The fourth-order valence-corrected chi connectivity index (χ4v) is 3.74. The van der Waals surface area contributed by atoms with Gasteiger partial charge in [0.25, 0.3) is 10.0 Å². The number of nitrogens with zero attached hydrogens (tertiary/aromatic N) is 4. The number of sulfonamides is 1. The van der Waals surface area contributed by atoms with Crippen LogP contribution in [0.15, 0.2) is 72.0 Å². The average molecular weight is 393 g/mol. The molecule has 0 bridgehead atoms. The summed E-state index contributed by atoms with van der Waals surface area (Å²) in [5.74, 6) is 0.114. The van der Waals surface area contributed by atoms with E-state index < -0.39 is 10.0 Å². The minimum atomic E-state index is -3.86. The highest BCUT2D eigenvalue weighted by Gasteiger charge is 2.17. The lowest BCUT2D eigenvalue weighted by Gasteiger charge is -2.09. The first-order chi connectivity index (χ1) is 13.4. The summed E-state index contributed by atoms with van der Waals surface area (Å²) in [7, 11) is -3.86. The fraction of sp³-hybridized carbons (Fsp3) is 0.0526. The fourth-order valence-electron chi connectivity index (χ4n) is 2.69. The van der Waals surface area contributed by atoms with Gasteiger partial charge in [0.2, 0.25) is 0 Å². The van der Waals surface area contributed by atoms with Crippen LogP contribution in [0.5, 0.6) is 0 Å². The summed E-state index contributed by atoms with van der Waals surface area (Å²) in [6.45, 7) is 1.42. The van der Waals surface area contributed by atoms with Crippen molar-refractivity contribution in [2.24, 2.45) is 0 Å². The van der Waals surface area contributed by atoms with Crippen molar-refractivity contribution in [3.05, 3.63) is 72.7 Å². The molecule has 0 spiro atoms. The first-order valence-corrected chi connectivity index (χ1v) is 9.81. The van der Waals surface area contributed by atoms with Crippen molar-refractivity contribution < 1.29 is 13.2 Å². The van der Waals surface area contributed by atoms with Crippen LogP contribution in [0.1, 0.15) is 17.3 Å². The van der Waals surface area contributed by atoms with E-state index in [4.69, 9.17) is 0 Å². The number of Topliss-reactive ketones (excluding diaryl/α,β-unsaturated/α-hetero) is 1. The van der Waals surface area contributed by atoms with Crippen molar-refractivity contribution in [1.29, 1.82) is 0 Å². The van der Waals surface area contributed by atoms with Gasteiger partial charge in [0.15, 0.2) is 11.4 Å². The Balaban J connectivity index is 1.71. The molecule has 1 aromatic carbocycles. The predicted octanol–water partition coefficient (Wildman–Crippen LogP) is 2.79. The predicted molar refractivity (Wildman–Crippen MR) is 103 cm³/mol. The maximum absolute atomic E-state index is 12.7. The number of carbonyl (C=O) groups is 1. The molecule has 0 aliphatic heterocycles. The number of nitrogens with one attached hydrogen (secondary N) is 1. The molecule has 3 aromatic heterocycles. The van der Waals surface area contributed by atoms with E-state index in [9.17, 15) is 13.2 Å². The first kappa shape index (κ1) is 17.8. The molecule has 0 unspecified atom stereocenters. The number of fused-ring (bicyclic) bond motifs is 1. The topological polar surface area (TPSA) is 106 Å². The van der Waals surface area contributed by atoms with E-state index in [2.05, 4.69) is 19.8 Å². The number of ketones is 1. The lowest BCUT2D eigenvalue weighted by atomic mass is 10.2. The summed E-state index contributed by atoms with van der Waals surface area (Å²) < 4.78 is 29.4. The van der Waals surface area contributed by atoms with Gasteiger partial charge in [0.05, 0.1) is 10.6 Å². The molecule has 3 heterocycles. The van der Waals surface area contributed by atoms with E-state index in [0.717, 1.165) is 5.56 Å². The molecule has 0 radical (unpaired) electrons. The molecular weight excluding hydrogens is 378 g/mol. The van der Waals surface area contributed by atoms with Gasteiger partial charge in [-0.1, -0.05) is 12.1 Å². The maximum Gasteiger partial charge on any atom is 0.263 e. The van der Waals surface area contributed by atoms with Gasteiger partial charge in [-0.15, -0.1) is 0 Å². The van der Waals surface area contributed by atoms with Crippen molar-refractivity contribution >= 4 is 27.3 Å². The third kappa shape index (κ3) is 3.35. The zero-order valence-corrected chi connectivity index (χ0v) is 15.6. The third-order valence-electron chi connectivity index (χ3n) is 4.13. The van der Waals surface area contributed by atoms with Gasteiger partial charge in [-0.2, -0.15) is 9.61 Å². The molecule has 0 saturated carbocycles. The summed E-state index contributed by atoms with van der Waals surface area (Å²) in [6, 6.07) is 12.7. The van der Waals surface area contributed by atoms with Gasteiger partial charge in [-0.3, -0.25) is 14.5 Å². The molecule has 0 fully saturated rings. The molecule has 8 nitrogen and oxygen atoms in total. The Labute approximate surface area is 160 Å². The SMILES string of the molecule is CC(=O)c1ccc(S(=O)(=O)Nc2ccnc3cc(-c4cccnc4)nn23)cc1. The van der Waals surface area contributed by atoms with E-state index in [0.29, 0.717) is 16.9 Å². The van der Waals surface area contributed by atoms with E-state index in [1.165, 1.54) is 48.0 Å². The van der Waals surface area contributed by atoms with Crippen LogP contribution in [-0.2, 0) is 10.0 Å². The second-order valence-corrected chi connectivity index (χ2v) is 7.74. The van der Waals surface area contributed by atoms with Gasteiger partial charge in [0.1, 0.15) is 5.82 Å². The highest BCUT2D eigenvalue weighted by atomic mass is 32.2. The standard InChI is InChI=1S/C19H15N5O3S/c1-13(25)14-4-6-16(7-5-14)28(26,27)23-18-8-10-21-19-11-17(22-24(18)19)15-3-2-9-20-12-15/h2-12,23H,1H3. The van der Waals surface area contributed by atoms with Crippen molar-refractivity contribution in [3.8, 4) is 11.3 Å². The van der Waals surface area contributed by atoms with Crippen molar-refractivity contribution in [2.45, 2.75) is 11.8 Å². The Morgan fingerprint density at radius 2 is 1.86 bits per heavy atom. The highest BCUT2D eigenvalue weighted by molar-refractivity contribution is 7.92. The van der Waals surface area contributed by atoms with Crippen LogP contribution in [0.25, 0.3) is 16.9 Å². The molecule has 4 aromatic rings. The summed E-state index contributed by atoms with van der Waals surface area (Å²) in [5, 5.41) is 4.44. The Morgan fingerprint density at radius 3 is 2.54 bits per heavy atom. The lowest BCUT2D eigenvalue weighted by Crippen LogP contribution is -2.16. The number of benzene rings is 1. The van der Waals surface area contributed by atoms with E-state index in [1.807, 2.05) is 6.07 Å². The molecule has 1 N–H and O–H groups in total. The van der Waals surface area contributed by atoms with Gasteiger partial charge < -0.3 is 0 Å². The van der Waals surface area contributed by atoms with Crippen LogP contribution >= 0.6 is 0 Å². The zero-order chi connectivity index (χ0) is 19.7. The van der Waals surface area contributed by atoms with Gasteiger partial charge in [-0.25, -0.2) is 13.4 Å². The summed E-state index contributed by atoms with van der Waals surface area (Å²) in [5.41, 5.74) is 2.35. The van der Waals surface area contributed by atoms with Crippen LogP contribution in [0.2, 0.25) is 0 Å². The largest absolute Gasteiger partial charge is 0.295 e. The van der Waals surface area contributed by atoms with Crippen LogP contribution in [0, 0.1) is 0 Å². The number of anilines is 1. The van der Waals surface area contributed by atoms with Crippen molar-refractivity contribution in [2.75, 3.05) is 4.72 Å². The van der Waals surface area contributed by atoms with Crippen molar-refractivity contribution in [3.63, 3.8) is 0 Å². The summed E-state index contributed by atoms with van der Waals surface area (Å²) in [4.78, 5) is 19.7. The van der Waals surface area contributed by atoms with Gasteiger partial charge in [0, 0.05) is 35.8 Å². The van der Waals surface area contributed by atoms with Gasteiger partial charge >= 0.3 is 0 Å². The number of hydrogen-bond acceptors (Lipinski definition) is 6. The number of rotatable bonds is 5. The smallest absolute Gasteiger partial charge is 0.263 e. The third-order valence-corrected chi connectivity index (χ3v) is 5.50. The zero-order valence-electron chi connectivity index (χ0n) is 14.8. The number of carbonyl (C=O) groups excluding carboxylic acids is 1. The number of pyridine rings is 1. The van der Waals surface area contributed by atoms with Crippen LogP contribution < -0.4 is 4.72 Å². The second kappa shape index (κ2) is 6.86. The molecule has 0 amide bonds. The minimum absolute atomic E-state index is 0.0436. The second-order valence-electron chi connectivity index (χ2n) is 6.06. The molecule has 0 aliphatic carbocycles. The maximum atomic E-state index is 12.7. The molecule has 0 saturated heterocycles. The molecular formula is C19H15N5O3S. The average Bonchev–Trinajstić information content (AvgIpc) is 3.14. The molecule has 4 rings (SSSR count). The number of aromatic nitrogens is 4. The molecule has 9 heteroatoms. The molecule has 0 aliphatic rings. The Morgan fingerprint density at radius 1 is 1.07 bits per heavy atom. The van der Waals surface area contributed by atoms with Gasteiger partial charge in [-0.05, 0) is 37.3 Å². The highest BCUT2D eigenvalue weighted by Crippen LogP contribution is 2.22. The Kier molecular flexibility index (Phi) is 4.36. The van der Waals surface area contributed by atoms with E-state index >= 15 is 0 Å². The van der Waals surface area contributed by atoms with Crippen LogP contribution in [0.4, 0.5) is 5.82 Å². The monoisotopic (exact) mass is 393 g/mol. The Bertz CT molecular complexity index is 1270. The minimum Gasteiger partial charge on any atom is -0.295 e. The number of hydrogen-bond donors (Lipinski definition) is 1. The molecule has 28 heavy (non-hydrogen) atoms. The van der Waals surface area contributed by atoms with Crippen LogP contribution in [-0.4, -0.2) is 33.8 Å². The molecule has 140 valence electrons. The molecule has 0 atom stereocenters. The first-order valence-electron chi connectivity index (χ1n) is 8.33. The quantitative estimate of drug-likeness (QED) is 0.523. The normalized spacial score (nSPS) is 11.5.